The van der Waals surface area contributed by atoms with Gasteiger partial charge >= 0.3 is 5.97 Å². The van der Waals surface area contributed by atoms with E-state index < -0.39 is 5.97 Å². The zero-order valence-corrected chi connectivity index (χ0v) is 14.4. The maximum absolute atomic E-state index is 12.3. The lowest BCUT2D eigenvalue weighted by atomic mass is 9.96. The highest BCUT2D eigenvalue weighted by Gasteiger charge is 2.19. The number of ether oxygens (including phenoxy) is 1. The van der Waals surface area contributed by atoms with Gasteiger partial charge in [-0.15, -0.1) is 0 Å². The number of carbonyl (C=O) groups is 1. The third-order valence-corrected chi connectivity index (χ3v) is 4.53. The molecule has 1 aliphatic rings. The predicted octanol–water partition coefficient (Wildman–Crippen LogP) is 2.58. The first-order valence-electron chi connectivity index (χ1n) is 8.36. The van der Waals surface area contributed by atoms with Crippen molar-refractivity contribution < 1.29 is 9.53 Å². The number of benzene rings is 1. The fourth-order valence-corrected chi connectivity index (χ4v) is 3.16. The van der Waals surface area contributed by atoms with Crippen molar-refractivity contribution in [2.75, 3.05) is 6.61 Å². The highest BCUT2D eigenvalue weighted by atomic mass is 16.5. The minimum Gasteiger partial charge on any atom is -0.465 e. The fourth-order valence-electron chi connectivity index (χ4n) is 3.16. The number of carbonyl (C=O) groups excluding carboxylic acids is 1. The number of esters is 1. The summed E-state index contributed by atoms with van der Waals surface area (Å²) in [5, 5.41) is 4.51. The molecule has 0 spiro atoms. The summed E-state index contributed by atoms with van der Waals surface area (Å²) in [7, 11) is 0. The summed E-state index contributed by atoms with van der Waals surface area (Å²) in [6.07, 6.45) is 2.79. The van der Waals surface area contributed by atoms with Gasteiger partial charge in [-0.3, -0.25) is 9.59 Å². The Balaban J connectivity index is 2.12. The van der Waals surface area contributed by atoms with Crippen LogP contribution < -0.4 is 5.56 Å². The molecule has 0 radical (unpaired) electrons. The first-order chi connectivity index (χ1) is 11.5. The Morgan fingerprint density at radius 2 is 1.88 bits per heavy atom. The molecule has 0 atom stereocenters. The van der Waals surface area contributed by atoms with Crippen molar-refractivity contribution in [2.24, 2.45) is 0 Å². The van der Waals surface area contributed by atoms with Crippen LogP contribution in [0.5, 0.6) is 0 Å². The van der Waals surface area contributed by atoms with Crippen LogP contribution in [0.4, 0.5) is 0 Å². The first-order valence-corrected chi connectivity index (χ1v) is 8.36. The van der Waals surface area contributed by atoms with Crippen molar-refractivity contribution in [1.82, 2.24) is 9.78 Å². The number of aromatic nitrogens is 2. The van der Waals surface area contributed by atoms with E-state index in [2.05, 4.69) is 31.1 Å². The largest absolute Gasteiger partial charge is 0.465 e. The first kappa shape index (κ1) is 16.4. The molecule has 2 aromatic rings. The van der Waals surface area contributed by atoms with Gasteiger partial charge in [-0.05, 0) is 68.4 Å². The molecule has 0 bridgehead atoms. The zero-order valence-electron chi connectivity index (χ0n) is 14.4. The van der Waals surface area contributed by atoms with Crippen LogP contribution in [0.2, 0.25) is 0 Å². The van der Waals surface area contributed by atoms with E-state index in [1.165, 1.54) is 21.4 Å². The molecule has 1 aliphatic carbocycles. The van der Waals surface area contributed by atoms with Gasteiger partial charge in [0.25, 0.3) is 5.56 Å². The van der Waals surface area contributed by atoms with Crippen LogP contribution in [-0.2, 0) is 28.9 Å². The molecule has 0 saturated carbocycles. The quantitative estimate of drug-likeness (QED) is 0.813. The van der Waals surface area contributed by atoms with Gasteiger partial charge in [0.2, 0.25) is 0 Å². The second-order valence-electron chi connectivity index (χ2n) is 6.27. The summed E-state index contributed by atoms with van der Waals surface area (Å²) >= 11 is 0. The van der Waals surface area contributed by atoms with Crippen molar-refractivity contribution in [3.05, 3.63) is 50.8 Å². The molecule has 0 aliphatic heterocycles. The number of fused-ring (bicyclic) bond motifs is 3. The zero-order chi connectivity index (χ0) is 17.3. The Hall–Kier alpha value is -2.43. The molecular weight excluding hydrogens is 304 g/mol. The van der Waals surface area contributed by atoms with Crippen molar-refractivity contribution in [3.8, 4) is 11.3 Å². The van der Waals surface area contributed by atoms with Gasteiger partial charge in [-0.1, -0.05) is 6.07 Å². The molecule has 0 amide bonds. The molecule has 126 valence electrons. The van der Waals surface area contributed by atoms with Gasteiger partial charge < -0.3 is 4.74 Å². The second-order valence-corrected chi connectivity index (χ2v) is 6.27. The lowest BCUT2D eigenvalue weighted by molar-refractivity contribution is -0.144. The van der Waals surface area contributed by atoms with E-state index in [0.29, 0.717) is 6.61 Å². The standard InChI is InChI=1S/C19H22N2O3/c1-4-24-18(23)11-21-17(22)10-15-7-5-6-14-8-12(2)13(3)9-16(14)19(15)20-21/h8-10H,4-7,11H2,1-3H3. The summed E-state index contributed by atoms with van der Waals surface area (Å²) in [5.41, 5.74) is 6.31. The summed E-state index contributed by atoms with van der Waals surface area (Å²) in [4.78, 5) is 24.0. The third kappa shape index (κ3) is 3.11. The highest BCUT2D eigenvalue weighted by Crippen LogP contribution is 2.32. The molecule has 24 heavy (non-hydrogen) atoms. The molecule has 1 aromatic heterocycles. The van der Waals surface area contributed by atoms with Gasteiger partial charge in [0.15, 0.2) is 0 Å². The third-order valence-electron chi connectivity index (χ3n) is 4.53. The van der Waals surface area contributed by atoms with Gasteiger partial charge in [-0.2, -0.15) is 5.10 Å². The Kier molecular flexibility index (Phi) is 4.51. The Labute approximate surface area is 141 Å². The van der Waals surface area contributed by atoms with E-state index in [-0.39, 0.29) is 12.1 Å². The lowest BCUT2D eigenvalue weighted by Gasteiger charge is -2.13. The van der Waals surface area contributed by atoms with Crippen molar-refractivity contribution >= 4 is 5.97 Å². The SMILES string of the molecule is CCOC(=O)Cn1nc2c(cc1=O)CCCc1cc(C)c(C)cc1-2. The summed E-state index contributed by atoms with van der Waals surface area (Å²) < 4.78 is 6.14. The molecule has 5 nitrogen and oxygen atoms in total. The maximum atomic E-state index is 12.3. The monoisotopic (exact) mass is 326 g/mol. The smallest absolute Gasteiger partial charge is 0.327 e. The molecule has 1 aromatic carbocycles. The average Bonchev–Trinajstić information content (AvgIpc) is 2.68. The van der Waals surface area contributed by atoms with Crippen LogP contribution in [-0.4, -0.2) is 22.4 Å². The van der Waals surface area contributed by atoms with E-state index in [9.17, 15) is 9.59 Å². The molecular formula is C19H22N2O3. The van der Waals surface area contributed by atoms with Crippen LogP contribution in [0.15, 0.2) is 23.0 Å². The van der Waals surface area contributed by atoms with E-state index in [0.717, 1.165) is 36.1 Å². The van der Waals surface area contributed by atoms with Crippen LogP contribution in [0.25, 0.3) is 11.3 Å². The lowest BCUT2D eigenvalue weighted by Crippen LogP contribution is -2.28. The fraction of sp³-hybridized carbons (Fsp3) is 0.421. The highest BCUT2D eigenvalue weighted by molar-refractivity contribution is 5.71. The van der Waals surface area contributed by atoms with Crippen LogP contribution in [0.3, 0.4) is 0 Å². The topological polar surface area (TPSA) is 61.2 Å². The van der Waals surface area contributed by atoms with Crippen molar-refractivity contribution in [1.29, 1.82) is 0 Å². The number of hydrogen-bond acceptors (Lipinski definition) is 4. The molecule has 3 rings (SSSR count). The normalized spacial score (nSPS) is 13.0. The average molecular weight is 326 g/mol. The Bertz CT molecular complexity index is 852. The van der Waals surface area contributed by atoms with Gasteiger partial charge in [0.1, 0.15) is 6.54 Å². The minimum absolute atomic E-state index is 0.153. The summed E-state index contributed by atoms with van der Waals surface area (Å²) in [5.74, 6) is -0.444. The van der Waals surface area contributed by atoms with E-state index >= 15 is 0 Å². The molecule has 5 heteroatoms. The molecule has 0 N–H and O–H groups in total. The van der Waals surface area contributed by atoms with Crippen LogP contribution in [0, 0.1) is 13.8 Å². The van der Waals surface area contributed by atoms with Gasteiger partial charge in [0.05, 0.1) is 12.3 Å². The second kappa shape index (κ2) is 6.59. The van der Waals surface area contributed by atoms with Gasteiger partial charge in [0, 0.05) is 11.6 Å². The van der Waals surface area contributed by atoms with Crippen molar-refractivity contribution in [3.63, 3.8) is 0 Å². The Morgan fingerprint density at radius 3 is 2.62 bits per heavy atom. The number of nitrogens with zero attached hydrogens (tertiary/aromatic N) is 2. The van der Waals surface area contributed by atoms with Gasteiger partial charge in [-0.25, -0.2) is 4.68 Å². The van der Waals surface area contributed by atoms with E-state index in [4.69, 9.17) is 4.74 Å². The van der Waals surface area contributed by atoms with E-state index in [1.54, 1.807) is 13.0 Å². The maximum Gasteiger partial charge on any atom is 0.327 e. The summed E-state index contributed by atoms with van der Waals surface area (Å²) in [6, 6.07) is 5.97. The number of hydrogen-bond donors (Lipinski definition) is 0. The van der Waals surface area contributed by atoms with Crippen molar-refractivity contribution in [2.45, 2.75) is 46.6 Å². The molecule has 0 unspecified atom stereocenters. The Morgan fingerprint density at radius 1 is 1.17 bits per heavy atom. The van der Waals surface area contributed by atoms with Crippen LogP contribution in [0.1, 0.15) is 35.6 Å². The molecule has 0 saturated heterocycles. The number of aryl methyl sites for hydroxylation is 4. The minimum atomic E-state index is -0.444. The molecule has 1 heterocycles. The summed E-state index contributed by atoms with van der Waals surface area (Å²) in [6.45, 7) is 6.07. The predicted molar refractivity (Wildman–Crippen MR) is 92.1 cm³/mol. The number of rotatable bonds is 3. The van der Waals surface area contributed by atoms with E-state index in [1.807, 2.05) is 0 Å². The van der Waals surface area contributed by atoms with Crippen LogP contribution >= 0.6 is 0 Å². The molecule has 0 fully saturated rings.